The van der Waals surface area contributed by atoms with E-state index < -0.39 is 23.1 Å². The predicted molar refractivity (Wildman–Crippen MR) is 107 cm³/mol. The van der Waals surface area contributed by atoms with Gasteiger partial charge in [0, 0.05) is 23.7 Å². The molecule has 0 aliphatic heterocycles. The number of benzene rings is 1. The molecule has 3 heterocycles. The molecule has 12 heteroatoms. The van der Waals surface area contributed by atoms with Gasteiger partial charge >= 0.3 is 11.9 Å². The van der Waals surface area contributed by atoms with Crippen LogP contribution in [0.3, 0.4) is 0 Å². The lowest BCUT2D eigenvalue weighted by atomic mass is 10.1. The Kier molecular flexibility index (Phi) is 5.14. The molecule has 4 aromatic rings. The summed E-state index contributed by atoms with van der Waals surface area (Å²) >= 11 is 12.0. The third kappa shape index (κ3) is 3.84. The average Bonchev–Trinajstić information content (AvgIpc) is 3.16. The second-order valence-electron chi connectivity index (χ2n) is 6.60. The van der Waals surface area contributed by atoms with Crippen LogP contribution in [0.2, 0.25) is 10.0 Å². The molecule has 0 atom stereocenters. The second kappa shape index (κ2) is 7.54. The first-order chi connectivity index (χ1) is 14.6. The fourth-order valence-electron chi connectivity index (χ4n) is 3.04. The largest absolute Gasteiger partial charge is 0.433 e. The summed E-state index contributed by atoms with van der Waals surface area (Å²) in [6.07, 6.45) is -4.71. The van der Waals surface area contributed by atoms with Gasteiger partial charge in [-0.3, -0.25) is 13.9 Å². The van der Waals surface area contributed by atoms with Gasteiger partial charge in [0.15, 0.2) is 5.76 Å². The zero-order valence-corrected chi connectivity index (χ0v) is 17.1. The van der Waals surface area contributed by atoms with E-state index >= 15 is 0 Å². The number of rotatable bonds is 3. The summed E-state index contributed by atoms with van der Waals surface area (Å²) in [5.74, 6) is 0.166. The lowest BCUT2D eigenvalue weighted by molar-refractivity contribution is -0.141. The molecule has 0 aliphatic carbocycles. The van der Waals surface area contributed by atoms with Crippen molar-refractivity contribution in [3.63, 3.8) is 0 Å². The molecule has 0 fully saturated rings. The molecule has 4 rings (SSSR count). The van der Waals surface area contributed by atoms with Gasteiger partial charge in [0.25, 0.3) is 5.56 Å². The summed E-state index contributed by atoms with van der Waals surface area (Å²) < 4.78 is 45.7. The van der Waals surface area contributed by atoms with Crippen molar-refractivity contribution in [1.82, 2.24) is 19.3 Å². The number of aromatic nitrogens is 4. The average molecular weight is 471 g/mol. The van der Waals surface area contributed by atoms with Crippen LogP contribution in [0.5, 0.6) is 0 Å². The second-order valence-corrected chi connectivity index (χ2v) is 7.44. The van der Waals surface area contributed by atoms with Crippen LogP contribution < -0.4 is 11.2 Å². The van der Waals surface area contributed by atoms with Crippen LogP contribution >= 0.6 is 23.2 Å². The Labute approximate surface area is 181 Å². The van der Waals surface area contributed by atoms with Gasteiger partial charge in [-0.1, -0.05) is 28.4 Å². The molecule has 0 saturated heterocycles. The SMILES string of the molecule is Cn1c(=O)n(Cc2cc(-c3ccc(Cl)cc3Cl)no2)c(=O)c2ccc(C(F)(F)F)nc21. The maximum Gasteiger partial charge on any atom is 0.433 e. The molecule has 0 aliphatic rings. The van der Waals surface area contributed by atoms with Crippen molar-refractivity contribution in [3.8, 4) is 11.3 Å². The quantitative estimate of drug-likeness (QED) is 0.449. The normalized spacial score (nSPS) is 11.9. The Balaban J connectivity index is 1.77. The first kappa shape index (κ1) is 21.1. The lowest BCUT2D eigenvalue weighted by Crippen LogP contribution is -2.39. The van der Waals surface area contributed by atoms with Crippen LogP contribution in [0, 0.1) is 0 Å². The minimum absolute atomic E-state index is 0.143. The molecule has 0 saturated carbocycles. The number of aryl methyl sites for hydroxylation is 1. The van der Waals surface area contributed by atoms with Gasteiger partial charge in [0.2, 0.25) is 0 Å². The topological polar surface area (TPSA) is 82.9 Å². The van der Waals surface area contributed by atoms with E-state index in [9.17, 15) is 22.8 Å². The van der Waals surface area contributed by atoms with Crippen LogP contribution in [0.15, 0.2) is 50.5 Å². The number of hydrogen-bond acceptors (Lipinski definition) is 5. The van der Waals surface area contributed by atoms with Crippen LogP contribution in [-0.4, -0.2) is 19.3 Å². The van der Waals surface area contributed by atoms with Gasteiger partial charge in [0.05, 0.1) is 17.0 Å². The van der Waals surface area contributed by atoms with Crippen molar-refractivity contribution < 1.29 is 17.7 Å². The smallest absolute Gasteiger partial charge is 0.359 e. The van der Waals surface area contributed by atoms with Crippen molar-refractivity contribution >= 4 is 34.2 Å². The number of nitrogens with zero attached hydrogens (tertiary/aromatic N) is 4. The van der Waals surface area contributed by atoms with E-state index in [2.05, 4.69) is 10.1 Å². The van der Waals surface area contributed by atoms with Gasteiger partial charge in [0.1, 0.15) is 17.0 Å². The summed E-state index contributed by atoms with van der Waals surface area (Å²) in [7, 11) is 1.23. The van der Waals surface area contributed by atoms with Crippen molar-refractivity contribution in [1.29, 1.82) is 0 Å². The fourth-order valence-corrected chi connectivity index (χ4v) is 3.55. The van der Waals surface area contributed by atoms with Crippen molar-refractivity contribution in [3.05, 3.63) is 78.7 Å². The van der Waals surface area contributed by atoms with Crippen LogP contribution in [0.25, 0.3) is 22.3 Å². The fraction of sp³-hybridized carbons (Fsp3) is 0.158. The molecule has 0 spiro atoms. The maximum absolute atomic E-state index is 12.9. The molecule has 7 nitrogen and oxygen atoms in total. The van der Waals surface area contributed by atoms with E-state index in [1.54, 1.807) is 12.1 Å². The van der Waals surface area contributed by atoms with Gasteiger partial charge in [-0.05, 0) is 30.3 Å². The molecule has 0 bridgehead atoms. The highest BCUT2D eigenvalue weighted by Gasteiger charge is 2.33. The molecule has 31 heavy (non-hydrogen) atoms. The van der Waals surface area contributed by atoms with Crippen molar-refractivity contribution in [2.24, 2.45) is 7.05 Å². The Hall–Kier alpha value is -3.11. The number of fused-ring (bicyclic) bond motifs is 1. The number of hydrogen-bond donors (Lipinski definition) is 0. The summed E-state index contributed by atoms with van der Waals surface area (Å²) in [4.78, 5) is 28.8. The monoisotopic (exact) mass is 470 g/mol. The van der Waals surface area contributed by atoms with Crippen LogP contribution in [-0.2, 0) is 19.8 Å². The Morgan fingerprint density at radius 2 is 1.84 bits per heavy atom. The number of alkyl halides is 3. The molecular weight excluding hydrogens is 460 g/mol. The Bertz CT molecular complexity index is 1440. The van der Waals surface area contributed by atoms with Gasteiger partial charge in [-0.2, -0.15) is 13.2 Å². The summed E-state index contributed by atoms with van der Waals surface area (Å²) in [6, 6.07) is 7.95. The molecule has 1 aromatic carbocycles. The molecule has 0 unspecified atom stereocenters. The van der Waals surface area contributed by atoms with Gasteiger partial charge in [-0.25, -0.2) is 9.78 Å². The minimum atomic E-state index is -4.71. The number of halogens is 5. The molecule has 0 N–H and O–H groups in total. The van der Waals surface area contributed by atoms with Crippen molar-refractivity contribution in [2.45, 2.75) is 12.7 Å². The predicted octanol–water partition coefficient (Wildman–Crippen LogP) is 4.12. The highest BCUT2D eigenvalue weighted by molar-refractivity contribution is 6.36. The van der Waals surface area contributed by atoms with Crippen LogP contribution in [0.4, 0.5) is 13.2 Å². The lowest BCUT2D eigenvalue weighted by Gasteiger charge is -2.11. The Morgan fingerprint density at radius 3 is 2.52 bits per heavy atom. The third-order valence-corrected chi connectivity index (χ3v) is 5.10. The zero-order valence-electron chi connectivity index (χ0n) is 15.6. The first-order valence-corrected chi connectivity index (χ1v) is 9.40. The first-order valence-electron chi connectivity index (χ1n) is 8.65. The van der Waals surface area contributed by atoms with E-state index in [4.69, 9.17) is 27.7 Å². The molecule has 0 radical (unpaired) electrons. The maximum atomic E-state index is 12.9. The molecule has 160 valence electrons. The van der Waals surface area contributed by atoms with E-state index in [0.717, 1.165) is 15.2 Å². The summed E-state index contributed by atoms with van der Waals surface area (Å²) in [5.41, 5.74) is -2.34. The molecular formula is C19H11Cl2F3N4O3. The van der Waals surface area contributed by atoms with E-state index in [1.165, 1.54) is 19.2 Å². The van der Waals surface area contributed by atoms with E-state index in [-0.39, 0.29) is 23.3 Å². The van der Waals surface area contributed by atoms with Gasteiger partial charge in [-0.15, -0.1) is 0 Å². The summed E-state index contributed by atoms with van der Waals surface area (Å²) in [6.45, 7) is -0.291. The van der Waals surface area contributed by atoms with Gasteiger partial charge < -0.3 is 4.52 Å². The van der Waals surface area contributed by atoms with E-state index in [0.29, 0.717) is 27.4 Å². The molecule has 0 amide bonds. The zero-order chi connectivity index (χ0) is 22.5. The third-order valence-electron chi connectivity index (χ3n) is 4.56. The highest BCUT2D eigenvalue weighted by atomic mass is 35.5. The van der Waals surface area contributed by atoms with Crippen LogP contribution in [0.1, 0.15) is 11.5 Å². The minimum Gasteiger partial charge on any atom is -0.359 e. The van der Waals surface area contributed by atoms with E-state index in [1.807, 2.05) is 0 Å². The molecule has 3 aromatic heterocycles. The number of pyridine rings is 1. The van der Waals surface area contributed by atoms with Crippen molar-refractivity contribution in [2.75, 3.05) is 0 Å². The highest BCUT2D eigenvalue weighted by Crippen LogP contribution is 2.30. The Morgan fingerprint density at radius 1 is 1.10 bits per heavy atom. The summed E-state index contributed by atoms with van der Waals surface area (Å²) in [5, 5.41) is 4.52. The standard InChI is InChI=1S/C19H11Cl2F3N4O3/c1-27-16-12(4-5-15(25-16)19(22,23)24)17(29)28(18(27)30)8-10-7-14(26-31-10)11-3-2-9(20)6-13(11)21/h2-7H,8H2,1H3.